The quantitative estimate of drug-likeness (QED) is 0.807. The van der Waals surface area contributed by atoms with Crippen molar-refractivity contribution >= 4 is 15.9 Å². The van der Waals surface area contributed by atoms with E-state index >= 15 is 0 Å². The number of halogens is 2. The van der Waals surface area contributed by atoms with E-state index in [4.69, 9.17) is 4.74 Å². The molecule has 3 nitrogen and oxygen atoms in total. The number of aromatic nitrogens is 2. The molecule has 0 saturated heterocycles. The molecule has 1 heterocycles. The van der Waals surface area contributed by atoms with Crippen molar-refractivity contribution in [2.75, 3.05) is 6.61 Å². The molecular weight excluding hydrogens is 323 g/mol. The number of hydrogen-bond donors (Lipinski definition) is 0. The largest absolute Gasteiger partial charge is 0.494 e. The Morgan fingerprint density at radius 3 is 2.70 bits per heavy atom. The average molecular weight is 341 g/mol. The van der Waals surface area contributed by atoms with E-state index in [1.54, 1.807) is 10.7 Å². The Morgan fingerprint density at radius 2 is 2.05 bits per heavy atom. The van der Waals surface area contributed by atoms with Crippen LogP contribution < -0.4 is 4.74 Å². The zero-order valence-corrected chi connectivity index (χ0v) is 13.4. The molecule has 2 rings (SSSR count). The van der Waals surface area contributed by atoms with Gasteiger partial charge in [0.1, 0.15) is 16.2 Å². The maximum Gasteiger partial charge on any atom is 0.129 e. The topological polar surface area (TPSA) is 27.1 Å². The van der Waals surface area contributed by atoms with E-state index < -0.39 is 0 Å². The van der Waals surface area contributed by atoms with Crippen LogP contribution in [0, 0.1) is 11.7 Å². The molecule has 0 N–H and O–H groups in total. The summed E-state index contributed by atoms with van der Waals surface area (Å²) in [7, 11) is 0. The predicted octanol–water partition coefficient (Wildman–Crippen LogP) is 4.37. The fraction of sp³-hybridized carbons (Fsp3) is 0.400. The van der Waals surface area contributed by atoms with E-state index in [1.165, 1.54) is 12.1 Å². The SMILES string of the molecule is CCOc1cc(F)cc(-n2nc(Br)cc2CC(C)C)c1. The van der Waals surface area contributed by atoms with Crippen molar-refractivity contribution in [1.29, 1.82) is 0 Å². The van der Waals surface area contributed by atoms with Crippen molar-refractivity contribution in [2.45, 2.75) is 27.2 Å². The summed E-state index contributed by atoms with van der Waals surface area (Å²) in [5.74, 6) is 0.690. The minimum absolute atomic E-state index is 0.326. The summed E-state index contributed by atoms with van der Waals surface area (Å²) >= 11 is 3.38. The van der Waals surface area contributed by atoms with E-state index in [9.17, 15) is 4.39 Å². The molecule has 0 fully saturated rings. The molecule has 2 aromatic rings. The summed E-state index contributed by atoms with van der Waals surface area (Å²) in [6.07, 6.45) is 0.874. The molecule has 108 valence electrons. The molecule has 0 atom stereocenters. The van der Waals surface area contributed by atoms with Gasteiger partial charge in [0.2, 0.25) is 0 Å². The second-order valence-electron chi connectivity index (χ2n) is 5.05. The first kappa shape index (κ1) is 15.0. The van der Waals surface area contributed by atoms with Gasteiger partial charge in [-0.25, -0.2) is 9.07 Å². The van der Waals surface area contributed by atoms with Gasteiger partial charge in [-0.15, -0.1) is 0 Å². The molecular formula is C15H18BrFN2O. The zero-order valence-electron chi connectivity index (χ0n) is 11.9. The molecule has 5 heteroatoms. The molecule has 0 spiro atoms. The van der Waals surface area contributed by atoms with Gasteiger partial charge in [-0.2, -0.15) is 5.10 Å². The number of benzene rings is 1. The number of hydrogen-bond acceptors (Lipinski definition) is 2. The number of rotatable bonds is 5. The lowest BCUT2D eigenvalue weighted by atomic mass is 10.1. The molecule has 0 unspecified atom stereocenters. The van der Waals surface area contributed by atoms with E-state index in [0.717, 1.165) is 16.7 Å². The summed E-state index contributed by atoms with van der Waals surface area (Å²) in [5, 5.41) is 4.39. The van der Waals surface area contributed by atoms with Gasteiger partial charge in [0.15, 0.2) is 0 Å². The van der Waals surface area contributed by atoms with Crippen LogP contribution in [0.3, 0.4) is 0 Å². The Bertz CT molecular complexity index is 596. The van der Waals surface area contributed by atoms with Crippen LogP contribution in [0.2, 0.25) is 0 Å². The van der Waals surface area contributed by atoms with Crippen molar-refractivity contribution in [2.24, 2.45) is 5.92 Å². The first-order valence-electron chi connectivity index (χ1n) is 6.67. The van der Waals surface area contributed by atoms with Crippen LogP contribution in [0.15, 0.2) is 28.9 Å². The molecule has 1 aromatic carbocycles. The lowest BCUT2D eigenvalue weighted by Gasteiger charge is -2.11. The van der Waals surface area contributed by atoms with E-state index in [2.05, 4.69) is 34.9 Å². The highest BCUT2D eigenvalue weighted by atomic mass is 79.9. The molecule has 0 radical (unpaired) electrons. The molecule has 1 aromatic heterocycles. The van der Waals surface area contributed by atoms with Gasteiger partial charge in [-0.1, -0.05) is 13.8 Å². The van der Waals surface area contributed by atoms with E-state index in [0.29, 0.717) is 24.0 Å². The number of nitrogens with zero attached hydrogens (tertiary/aromatic N) is 2. The molecule has 0 saturated carbocycles. The Hall–Kier alpha value is -1.36. The van der Waals surface area contributed by atoms with E-state index in [1.807, 2.05) is 13.0 Å². The van der Waals surface area contributed by atoms with Crippen molar-refractivity contribution in [1.82, 2.24) is 9.78 Å². The molecule has 0 aliphatic rings. The second-order valence-corrected chi connectivity index (χ2v) is 5.86. The molecule has 0 bridgehead atoms. The van der Waals surface area contributed by atoms with Crippen molar-refractivity contribution < 1.29 is 9.13 Å². The van der Waals surface area contributed by atoms with Gasteiger partial charge in [-0.05, 0) is 47.3 Å². The number of ether oxygens (including phenoxy) is 1. The summed E-state index contributed by atoms with van der Waals surface area (Å²) in [6.45, 7) is 6.66. The van der Waals surface area contributed by atoms with Crippen molar-refractivity contribution in [3.8, 4) is 11.4 Å². The van der Waals surface area contributed by atoms with Gasteiger partial charge in [0.25, 0.3) is 0 Å². The highest BCUT2D eigenvalue weighted by Crippen LogP contribution is 2.23. The third-order valence-corrected chi connectivity index (χ3v) is 3.17. The van der Waals surface area contributed by atoms with Gasteiger partial charge in [0.05, 0.1) is 12.3 Å². The highest BCUT2D eigenvalue weighted by Gasteiger charge is 2.12. The summed E-state index contributed by atoms with van der Waals surface area (Å²) < 4.78 is 21.6. The van der Waals surface area contributed by atoms with E-state index in [-0.39, 0.29) is 5.82 Å². The fourth-order valence-electron chi connectivity index (χ4n) is 2.09. The van der Waals surface area contributed by atoms with Crippen LogP contribution in [0.5, 0.6) is 5.75 Å². The Balaban J connectivity index is 2.45. The molecule has 0 aliphatic heterocycles. The first-order valence-corrected chi connectivity index (χ1v) is 7.47. The standard InChI is InChI=1S/C15H18BrFN2O/c1-4-20-14-7-11(17)6-13(8-14)19-12(5-10(2)3)9-15(16)18-19/h6-10H,4-5H2,1-3H3. The lowest BCUT2D eigenvalue weighted by molar-refractivity contribution is 0.338. The molecule has 20 heavy (non-hydrogen) atoms. The van der Waals surface area contributed by atoms with Crippen molar-refractivity contribution in [3.63, 3.8) is 0 Å². The third kappa shape index (κ3) is 3.60. The highest BCUT2D eigenvalue weighted by molar-refractivity contribution is 9.10. The predicted molar refractivity (Wildman–Crippen MR) is 80.9 cm³/mol. The van der Waals surface area contributed by atoms with Gasteiger partial charge < -0.3 is 4.74 Å². The van der Waals surface area contributed by atoms with Gasteiger partial charge in [0, 0.05) is 17.8 Å². The monoisotopic (exact) mass is 340 g/mol. The molecule has 0 aliphatic carbocycles. The lowest BCUT2D eigenvalue weighted by Crippen LogP contribution is -2.06. The minimum Gasteiger partial charge on any atom is -0.494 e. The van der Waals surface area contributed by atoms with Crippen LogP contribution in [0.4, 0.5) is 4.39 Å². The smallest absolute Gasteiger partial charge is 0.129 e. The minimum atomic E-state index is -0.326. The first-order chi connectivity index (χ1) is 9.49. The zero-order chi connectivity index (χ0) is 14.7. The van der Waals surface area contributed by atoms with Crippen LogP contribution in [-0.2, 0) is 6.42 Å². The van der Waals surface area contributed by atoms with Crippen LogP contribution in [0.25, 0.3) is 5.69 Å². The summed E-state index contributed by atoms with van der Waals surface area (Å²) in [5.41, 5.74) is 1.72. The maximum atomic E-state index is 13.7. The Labute approximate surface area is 126 Å². The van der Waals surface area contributed by atoms with Crippen molar-refractivity contribution in [3.05, 3.63) is 40.4 Å². The van der Waals surface area contributed by atoms with Crippen LogP contribution >= 0.6 is 15.9 Å². The maximum absolute atomic E-state index is 13.7. The average Bonchev–Trinajstić information content (AvgIpc) is 2.69. The molecule has 0 amide bonds. The fourth-order valence-corrected chi connectivity index (χ4v) is 2.52. The third-order valence-electron chi connectivity index (χ3n) is 2.78. The normalized spacial score (nSPS) is 11.1. The van der Waals surface area contributed by atoms with Gasteiger partial charge in [-0.3, -0.25) is 0 Å². The Morgan fingerprint density at radius 1 is 1.30 bits per heavy atom. The summed E-state index contributed by atoms with van der Waals surface area (Å²) in [4.78, 5) is 0. The second kappa shape index (κ2) is 6.39. The van der Waals surface area contributed by atoms with Crippen LogP contribution in [-0.4, -0.2) is 16.4 Å². The van der Waals surface area contributed by atoms with Crippen LogP contribution in [0.1, 0.15) is 26.5 Å². The van der Waals surface area contributed by atoms with Gasteiger partial charge >= 0.3 is 0 Å². The summed E-state index contributed by atoms with van der Waals surface area (Å²) in [6, 6.07) is 6.61. The Kier molecular flexibility index (Phi) is 4.81.